The lowest BCUT2D eigenvalue weighted by atomic mass is 10.1. The first-order valence-electron chi connectivity index (χ1n) is 8.69. The predicted octanol–water partition coefficient (Wildman–Crippen LogP) is 2.94. The zero-order valence-corrected chi connectivity index (χ0v) is 15.3. The molecule has 2 aromatic rings. The molecule has 2 aromatic heterocycles. The highest BCUT2D eigenvalue weighted by Gasteiger charge is 2.30. The first kappa shape index (κ1) is 18.7. The highest BCUT2D eigenvalue weighted by Crippen LogP contribution is 2.28. The number of rotatable bonds is 5. The molecule has 0 radical (unpaired) electrons. The van der Waals surface area contributed by atoms with Crippen molar-refractivity contribution in [2.24, 2.45) is 0 Å². The summed E-state index contributed by atoms with van der Waals surface area (Å²) >= 11 is 0. The molecule has 0 saturated carbocycles. The highest BCUT2D eigenvalue weighted by molar-refractivity contribution is 5.99. The van der Waals surface area contributed by atoms with Crippen LogP contribution in [0.3, 0.4) is 0 Å². The van der Waals surface area contributed by atoms with Crippen molar-refractivity contribution in [3.63, 3.8) is 0 Å². The summed E-state index contributed by atoms with van der Waals surface area (Å²) in [4.78, 5) is 20.6. The number of carbonyl (C=O) groups is 1. The summed E-state index contributed by atoms with van der Waals surface area (Å²) in [5.74, 6) is -1.17. The molecule has 1 N–H and O–H groups in total. The first-order chi connectivity index (χ1) is 14.0. The number of hydrogen-bond acceptors (Lipinski definition) is 7. The Morgan fingerprint density at radius 1 is 1.38 bits per heavy atom. The number of aromatic nitrogens is 3. The molecule has 2 aliphatic heterocycles. The minimum atomic E-state index is -2.87. The van der Waals surface area contributed by atoms with Crippen molar-refractivity contribution in [1.82, 2.24) is 25.0 Å². The Kier molecular flexibility index (Phi) is 4.75. The van der Waals surface area contributed by atoms with E-state index in [9.17, 15) is 13.6 Å². The number of hydrogen-bond donors (Lipinski definition) is 1. The SMILES string of the molecule is CN1C=CC=C/C1=C(/C=N)CN1Cc2ncc(-c3nnc(C(F)F)o3)cc2C1=O. The van der Waals surface area contributed by atoms with Gasteiger partial charge in [0, 0.05) is 43.5 Å². The Bertz CT molecular complexity index is 1070. The van der Waals surface area contributed by atoms with Gasteiger partial charge in [-0.2, -0.15) is 8.78 Å². The van der Waals surface area contributed by atoms with E-state index in [1.165, 1.54) is 18.5 Å². The van der Waals surface area contributed by atoms with Gasteiger partial charge >= 0.3 is 6.43 Å². The van der Waals surface area contributed by atoms with Gasteiger partial charge in [0.05, 0.1) is 23.4 Å². The zero-order chi connectivity index (χ0) is 20.5. The number of likely N-dealkylation sites (N-methyl/N-ethyl adjacent to an activating group) is 1. The quantitative estimate of drug-likeness (QED) is 0.778. The summed E-state index contributed by atoms with van der Waals surface area (Å²) in [5, 5.41) is 14.6. The van der Waals surface area contributed by atoms with Gasteiger partial charge in [0.15, 0.2) is 0 Å². The summed E-state index contributed by atoms with van der Waals surface area (Å²) in [6.07, 6.45) is 7.26. The maximum absolute atomic E-state index is 12.9. The fourth-order valence-electron chi connectivity index (χ4n) is 3.17. The van der Waals surface area contributed by atoms with Crippen LogP contribution in [0.25, 0.3) is 11.5 Å². The third-order valence-corrected chi connectivity index (χ3v) is 4.62. The third-order valence-electron chi connectivity index (χ3n) is 4.62. The number of allylic oxidation sites excluding steroid dienone is 3. The summed E-state index contributed by atoms with van der Waals surface area (Å²) in [6, 6.07) is 1.51. The maximum atomic E-state index is 12.9. The molecule has 0 aliphatic carbocycles. The fraction of sp³-hybridized carbons (Fsp3) is 0.211. The van der Waals surface area contributed by atoms with Crippen LogP contribution in [0.1, 0.15) is 28.4 Å². The molecule has 29 heavy (non-hydrogen) atoms. The molecule has 8 nitrogen and oxygen atoms in total. The number of amides is 1. The van der Waals surface area contributed by atoms with E-state index in [-0.39, 0.29) is 24.9 Å². The minimum absolute atomic E-state index is 0.120. The van der Waals surface area contributed by atoms with Crippen LogP contribution in [0, 0.1) is 5.41 Å². The third kappa shape index (κ3) is 3.44. The minimum Gasteiger partial charge on any atom is -0.415 e. The van der Waals surface area contributed by atoms with E-state index in [0.29, 0.717) is 22.4 Å². The van der Waals surface area contributed by atoms with Gasteiger partial charge in [0.25, 0.3) is 11.8 Å². The van der Waals surface area contributed by atoms with Gasteiger partial charge in [-0.15, -0.1) is 10.2 Å². The van der Waals surface area contributed by atoms with Crippen molar-refractivity contribution in [2.75, 3.05) is 13.6 Å². The van der Waals surface area contributed by atoms with Crippen molar-refractivity contribution < 1.29 is 18.0 Å². The lowest BCUT2D eigenvalue weighted by Gasteiger charge is -2.23. The Balaban J connectivity index is 1.58. The van der Waals surface area contributed by atoms with Gasteiger partial charge in [0.2, 0.25) is 5.89 Å². The molecule has 0 fully saturated rings. The molecule has 10 heteroatoms. The van der Waals surface area contributed by atoms with E-state index in [0.717, 1.165) is 5.70 Å². The second kappa shape index (κ2) is 7.38. The van der Waals surface area contributed by atoms with Gasteiger partial charge in [-0.3, -0.25) is 9.78 Å². The molecular weight excluding hydrogens is 382 g/mol. The molecule has 4 rings (SSSR count). The molecule has 0 aromatic carbocycles. The van der Waals surface area contributed by atoms with Crippen molar-refractivity contribution in [2.45, 2.75) is 13.0 Å². The highest BCUT2D eigenvalue weighted by atomic mass is 19.3. The molecule has 0 spiro atoms. The summed E-state index contributed by atoms with van der Waals surface area (Å²) in [5.41, 5.74) is 2.71. The summed E-state index contributed by atoms with van der Waals surface area (Å²) in [6.45, 7) is 0.524. The lowest BCUT2D eigenvalue weighted by Crippen LogP contribution is -2.28. The van der Waals surface area contributed by atoms with Crippen molar-refractivity contribution in [1.29, 1.82) is 5.41 Å². The number of nitrogens with one attached hydrogen (secondary N) is 1. The zero-order valence-electron chi connectivity index (χ0n) is 15.3. The van der Waals surface area contributed by atoms with Crippen molar-refractivity contribution in [3.05, 3.63) is 65.1 Å². The molecule has 0 bridgehead atoms. The van der Waals surface area contributed by atoms with Crippen LogP contribution >= 0.6 is 0 Å². The van der Waals surface area contributed by atoms with Gasteiger partial charge < -0.3 is 19.6 Å². The Labute approximate surface area is 164 Å². The van der Waals surface area contributed by atoms with Crippen LogP contribution in [0.15, 0.2) is 52.4 Å². The monoisotopic (exact) mass is 398 g/mol. The van der Waals surface area contributed by atoms with E-state index in [1.807, 2.05) is 36.4 Å². The lowest BCUT2D eigenvalue weighted by molar-refractivity contribution is 0.0793. The Morgan fingerprint density at radius 2 is 2.21 bits per heavy atom. The number of alkyl halides is 2. The molecule has 2 aliphatic rings. The van der Waals surface area contributed by atoms with Gasteiger partial charge in [-0.05, 0) is 18.2 Å². The topological polar surface area (TPSA) is 99.2 Å². The smallest absolute Gasteiger partial charge is 0.314 e. The second-order valence-electron chi connectivity index (χ2n) is 6.49. The van der Waals surface area contributed by atoms with Crippen molar-refractivity contribution >= 4 is 12.1 Å². The molecule has 0 atom stereocenters. The fourth-order valence-corrected chi connectivity index (χ4v) is 3.17. The average Bonchev–Trinajstić information content (AvgIpc) is 3.32. The van der Waals surface area contributed by atoms with E-state index in [4.69, 9.17) is 9.83 Å². The van der Waals surface area contributed by atoms with Crippen LogP contribution in [0.5, 0.6) is 0 Å². The summed E-state index contributed by atoms with van der Waals surface area (Å²) in [7, 11) is 1.87. The first-order valence-corrected chi connectivity index (χ1v) is 8.69. The van der Waals surface area contributed by atoms with E-state index < -0.39 is 12.3 Å². The Hall–Kier alpha value is -3.69. The van der Waals surface area contributed by atoms with Crippen LogP contribution in [-0.4, -0.2) is 50.7 Å². The van der Waals surface area contributed by atoms with Crippen LogP contribution < -0.4 is 0 Å². The molecule has 1 amide bonds. The van der Waals surface area contributed by atoms with Crippen molar-refractivity contribution in [3.8, 4) is 11.5 Å². The van der Waals surface area contributed by atoms with Gasteiger partial charge in [-0.1, -0.05) is 6.08 Å². The number of carbonyl (C=O) groups excluding carboxylic acids is 1. The maximum Gasteiger partial charge on any atom is 0.314 e. The van der Waals surface area contributed by atoms with E-state index >= 15 is 0 Å². The number of fused-ring (bicyclic) bond motifs is 1. The van der Waals surface area contributed by atoms with Crippen LogP contribution in [0.4, 0.5) is 8.78 Å². The molecule has 0 unspecified atom stereocenters. The molecular formula is C19H16F2N6O2. The second-order valence-corrected chi connectivity index (χ2v) is 6.49. The summed E-state index contributed by atoms with van der Waals surface area (Å²) < 4.78 is 30.2. The number of halogens is 2. The van der Waals surface area contributed by atoms with Gasteiger partial charge in [-0.25, -0.2) is 0 Å². The van der Waals surface area contributed by atoms with E-state index in [1.54, 1.807) is 4.90 Å². The molecule has 0 saturated heterocycles. The molecule has 4 heterocycles. The number of nitrogens with zero attached hydrogens (tertiary/aromatic N) is 5. The largest absolute Gasteiger partial charge is 0.415 e. The van der Waals surface area contributed by atoms with Gasteiger partial charge in [0.1, 0.15) is 0 Å². The Morgan fingerprint density at radius 3 is 2.90 bits per heavy atom. The predicted molar refractivity (Wildman–Crippen MR) is 99.1 cm³/mol. The van der Waals surface area contributed by atoms with Crippen LogP contribution in [0.2, 0.25) is 0 Å². The molecule has 148 valence electrons. The van der Waals surface area contributed by atoms with E-state index in [2.05, 4.69) is 15.2 Å². The number of pyridine rings is 1. The van der Waals surface area contributed by atoms with Crippen LogP contribution in [-0.2, 0) is 6.54 Å². The standard InChI is InChI=1S/C19H16F2N6O2/c1-26-5-3-2-4-15(26)12(7-22)9-27-10-14-13(19(27)28)6-11(8-23-14)17-24-25-18(29-17)16(20)21/h2-8,16,22H,9-10H2,1H3/b15-12+,22-7?. The average molecular weight is 398 g/mol. The normalized spacial score (nSPS) is 17.3.